The Kier molecular flexibility index (Phi) is 6.60. The second-order valence-electron chi connectivity index (χ2n) is 12.2. The summed E-state index contributed by atoms with van der Waals surface area (Å²) in [5.41, 5.74) is 7.35. The van der Waals surface area contributed by atoms with Crippen molar-refractivity contribution >= 4 is 53.4 Å². The van der Waals surface area contributed by atoms with E-state index in [1.165, 1.54) is 20.2 Å². The molecule has 7 aromatic carbocycles. The molecule has 0 radical (unpaired) electrons. The number of oxazole rings is 1. The minimum atomic E-state index is 0.586. The molecule has 6 heteroatoms. The molecule has 3 aromatic heterocycles. The van der Waals surface area contributed by atoms with E-state index in [4.69, 9.17) is 24.4 Å². The third kappa shape index (κ3) is 4.77. The fraction of sp³-hybridized carbons (Fsp3) is 0. The zero-order valence-electron chi connectivity index (χ0n) is 26.6. The van der Waals surface area contributed by atoms with E-state index < -0.39 is 0 Å². The van der Waals surface area contributed by atoms with Crippen LogP contribution in [-0.4, -0.2) is 19.9 Å². The van der Waals surface area contributed by atoms with Gasteiger partial charge in [0.25, 0.3) is 0 Å². The van der Waals surface area contributed by atoms with Crippen molar-refractivity contribution in [3.05, 3.63) is 158 Å². The first-order chi connectivity index (χ1) is 24.8. The van der Waals surface area contributed by atoms with Gasteiger partial charge in [-0.25, -0.2) is 19.9 Å². The number of fused-ring (bicyclic) bond motifs is 7. The van der Waals surface area contributed by atoms with Gasteiger partial charge in [0, 0.05) is 47.8 Å². The van der Waals surface area contributed by atoms with Crippen LogP contribution in [0.15, 0.2) is 162 Å². The lowest BCUT2D eigenvalue weighted by atomic mass is 9.98. The second-order valence-corrected chi connectivity index (χ2v) is 13.3. The molecule has 50 heavy (non-hydrogen) atoms. The molecule has 0 saturated carbocycles. The Morgan fingerprint density at radius 3 is 1.78 bits per heavy atom. The van der Waals surface area contributed by atoms with Crippen molar-refractivity contribution in [3.63, 3.8) is 0 Å². The van der Waals surface area contributed by atoms with Crippen molar-refractivity contribution in [2.45, 2.75) is 0 Å². The van der Waals surface area contributed by atoms with Crippen molar-refractivity contribution in [1.82, 2.24) is 19.9 Å². The normalized spacial score (nSPS) is 11.6. The van der Waals surface area contributed by atoms with Crippen molar-refractivity contribution in [3.8, 4) is 56.7 Å². The van der Waals surface area contributed by atoms with Crippen LogP contribution in [0.1, 0.15) is 0 Å². The van der Waals surface area contributed by atoms with Crippen LogP contribution < -0.4 is 0 Å². The van der Waals surface area contributed by atoms with E-state index in [0.29, 0.717) is 23.4 Å². The molecule has 0 N–H and O–H groups in total. The van der Waals surface area contributed by atoms with Crippen LogP contribution in [-0.2, 0) is 0 Å². The van der Waals surface area contributed by atoms with Gasteiger partial charge in [-0.05, 0) is 46.8 Å². The van der Waals surface area contributed by atoms with Crippen LogP contribution in [0.3, 0.4) is 0 Å². The topological polar surface area (TPSA) is 64.7 Å². The Morgan fingerprint density at radius 2 is 1.02 bits per heavy atom. The number of thiophene rings is 1. The molecule has 0 spiro atoms. The van der Waals surface area contributed by atoms with Crippen LogP contribution in [0, 0.1) is 0 Å². The van der Waals surface area contributed by atoms with Gasteiger partial charge in [-0.3, -0.25) is 0 Å². The first kappa shape index (κ1) is 28.5. The molecule has 0 atom stereocenters. The Hall–Kier alpha value is -6.50. The highest BCUT2D eigenvalue weighted by Gasteiger charge is 2.19. The zero-order chi connectivity index (χ0) is 33.0. The molecule has 0 fully saturated rings. The largest absolute Gasteiger partial charge is 0.435 e. The van der Waals surface area contributed by atoms with Gasteiger partial charge in [0.15, 0.2) is 23.1 Å². The third-order valence-electron chi connectivity index (χ3n) is 9.17. The van der Waals surface area contributed by atoms with E-state index in [1.807, 2.05) is 90.2 Å². The van der Waals surface area contributed by atoms with E-state index in [9.17, 15) is 0 Å². The van der Waals surface area contributed by atoms with E-state index in [1.54, 1.807) is 0 Å². The average molecular weight is 659 g/mol. The third-order valence-corrected chi connectivity index (χ3v) is 10.3. The number of hydrogen-bond donors (Lipinski definition) is 0. The molecule has 10 aromatic rings. The van der Waals surface area contributed by atoms with Gasteiger partial charge in [-0.15, -0.1) is 11.3 Å². The molecule has 0 aliphatic carbocycles. The summed E-state index contributed by atoms with van der Waals surface area (Å²) < 4.78 is 9.27. The summed E-state index contributed by atoms with van der Waals surface area (Å²) in [5, 5.41) is 4.71. The molecular formula is C44H26N4OS. The lowest BCUT2D eigenvalue weighted by molar-refractivity contribution is 0.623. The van der Waals surface area contributed by atoms with E-state index in [0.717, 1.165) is 55.3 Å². The molecule has 0 aliphatic rings. The number of nitrogens with zero attached hydrogens (tertiary/aromatic N) is 4. The van der Waals surface area contributed by atoms with Crippen molar-refractivity contribution < 1.29 is 4.42 Å². The molecule has 10 rings (SSSR count). The van der Waals surface area contributed by atoms with Crippen LogP contribution in [0.5, 0.6) is 0 Å². The van der Waals surface area contributed by atoms with Crippen molar-refractivity contribution in [2.75, 3.05) is 0 Å². The number of rotatable bonds is 5. The summed E-state index contributed by atoms with van der Waals surface area (Å²) in [6.45, 7) is 0. The SMILES string of the molecule is c1ccc(-c2nc(-c3ccccc3)nc(-c3cccc(-c4ccccc4-c4nc5ccc6ccc7sc8ccccc8c7c6c5o4)c3)n2)cc1. The Bertz CT molecular complexity index is 2820. The predicted molar refractivity (Wildman–Crippen MR) is 205 cm³/mol. The molecule has 234 valence electrons. The maximum atomic E-state index is 6.76. The maximum Gasteiger partial charge on any atom is 0.227 e. The van der Waals surface area contributed by atoms with Gasteiger partial charge in [0.1, 0.15) is 5.52 Å². The highest BCUT2D eigenvalue weighted by molar-refractivity contribution is 7.26. The quantitative estimate of drug-likeness (QED) is 0.184. The molecule has 0 saturated heterocycles. The molecule has 5 nitrogen and oxygen atoms in total. The zero-order valence-corrected chi connectivity index (χ0v) is 27.4. The van der Waals surface area contributed by atoms with Crippen LogP contribution in [0.4, 0.5) is 0 Å². The van der Waals surface area contributed by atoms with E-state index >= 15 is 0 Å². The predicted octanol–water partition coefficient (Wildman–Crippen LogP) is 11.9. The van der Waals surface area contributed by atoms with Crippen LogP contribution in [0.25, 0.3) is 98.8 Å². The molecule has 0 bridgehead atoms. The fourth-order valence-electron chi connectivity index (χ4n) is 6.81. The standard InChI is InChI=1S/C44H26N4OS/c1-3-12-28(13-4-1)41-46-42(29-14-5-2-6-15-29)48-43(47-41)31-17-11-16-30(26-31)32-18-7-8-19-33(32)44-45-35-24-22-27-23-25-37-39(38(27)40(35)49-44)34-20-9-10-21-36(34)50-37/h1-26H. The Labute approximate surface area is 291 Å². The van der Waals surface area contributed by atoms with Gasteiger partial charge in [-0.2, -0.15) is 0 Å². The van der Waals surface area contributed by atoms with Crippen molar-refractivity contribution in [1.29, 1.82) is 0 Å². The highest BCUT2D eigenvalue weighted by Crippen LogP contribution is 2.43. The van der Waals surface area contributed by atoms with Gasteiger partial charge in [-0.1, -0.05) is 127 Å². The van der Waals surface area contributed by atoms with E-state index in [-0.39, 0.29) is 0 Å². The first-order valence-corrected chi connectivity index (χ1v) is 17.3. The monoisotopic (exact) mass is 658 g/mol. The summed E-state index contributed by atoms with van der Waals surface area (Å²) in [6.07, 6.45) is 0. The number of hydrogen-bond acceptors (Lipinski definition) is 6. The lowest BCUT2D eigenvalue weighted by Gasteiger charge is -2.11. The second kappa shape index (κ2) is 11.6. The highest BCUT2D eigenvalue weighted by atomic mass is 32.1. The fourth-order valence-corrected chi connectivity index (χ4v) is 7.92. The summed E-state index contributed by atoms with van der Waals surface area (Å²) >= 11 is 1.81. The molecule has 0 aliphatic heterocycles. The molecule has 0 unspecified atom stereocenters. The van der Waals surface area contributed by atoms with Gasteiger partial charge in [0.2, 0.25) is 5.89 Å². The molecule has 0 amide bonds. The first-order valence-electron chi connectivity index (χ1n) is 16.5. The summed E-state index contributed by atoms with van der Waals surface area (Å²) in [7, 11) is 0. The van der Waals surface area contributed by atoms with Crippen molar-refractivity contribution in [2.24, 2.45) is 0 Å². The average Bonchev–Trinajstić information content (AvgIpc) is 3.81. The Morgan fingerprint density at radius 1 is 0.420 bits per heavy atom. The summed E-state index contributed by atoms with van der Waals surface area (Å²) in [5.74, 6) is 2.46. The lowest BCUT2D eigenvalue weighted by Crippen LogP contribution is -2.00. The van der Waals surface area contributed by atoms with E-state index in [2.05, 4.69) is 78.9 Å². The minimum absolute atomic E-state index is 0.586. The van der Waals surface area contributed by atoms with Gasteiger partial charge >= 0.3 is 0 Å². The Balaban J connectivity index is 1.12. The molecule has 3 heterocycles. The van der Waals surface area contributed by atoms with Gasteiger partial charge in [0.05, 0.1) is 0 Å². The van der Waals surface area contributed by atoms with Gasteiger partial charge < -0.3 is 4.42 Å². The number of aromatic nitrogens is 4. The summed E-state index contributed by atoms with van der Waals surface area (Å²) in [6, 6.07) is 53.9. The minimum Gasteiger partial charge on any atom is -0.435 e. The van der Waals surface area contributed by atoms with Crippen LogP contribution >= 0.6 is 11.3 Å². The summed E-state index contributed by atoms with van der Waals surface area (Å²) in [4.78, 5) is 19.9. The smallest absolute Gasteiger partial charge is 0.227 e. The molecular weight excluding hydrogens is 633 g/mol. The number of benzene rings is 7. The maximum absolute atomic E-state index is 6.76. The van der Waals surface area contributed by atoms with Crippen LogP contribution in [0.2, 0.25) is 0 Å².